The van der Waals surface area contributed by atoms with Crippen LogP contribution in [0.3, 0.4) is 0 Å². The molecule has 3 amide bonds. The largest absolute Gasteiger partial charge is 0.448 e. The molecule has 4 N–H and O–H groups in total. The third kappa shape index (κ3) is 12.2. The lowest BCUT2D eigenvalue weighted by Gasteiger charge is -2.33. The van der Waals surface area contributed by atoms with Gasteiger partial charge in [-0.15, -0.1) is 0 Å². The molecule has 0 aliphatic heterocycles. The van der Waals surface area contributed by atoms with E-state index in [1.807, 2.05) is 140 Å². The van der Waals surface area contributed by atoms with E-state index in [0.29, 0.717) is 0 Å². The minimum Gasteiger partial charge on any atom is -0.448 e. The molecular formula is C48H53N3O8. The molecule has 0 aromatic heterocycles. The van der Waals surface area contributed by atoms with Crippen LogP contribution in [0.1, 0.15) is 54.5 Å². The van der Waals surface area contributed by atoms with Crippen molar-refractivity contribution in [3.05, 3.63) is 167 Å². The summed E-state index contributed by atoms with van der Waals surface area (Å²) in [6.45, 7) is 4.57. The summed E-state index contributed by atoms with van der Waals surface area (Å²) >= 11 is 0. The zero-order chi connectivity index (χ0) is 41.8. The Morgan fingerprint density at radius 2 is 1.02 bits per heavy atom. The fourth-order valence-corrected chi connectivity index (χ4v) is 7.29. The Hall–Kier alpha value is -6.17. The molecule has 0 bridgehead atoms. The van der Waals surface area contributed by atoms with Crippen molar-refractivity contribution in [2.24, 2.45) is 0 Å². The van der Waals surface area contributed by atoms with Crippen LogP contribution in [0.4, 0.5) is 14.4 Å². The van der Waals surface area contributed by atoms with Gasteiger partial charge in [0.2, 0.25) is 0 Å². The molecule has 5 aromatic carbocycles. The van der Waals surface area contributed by atoms with Gasteiger partial charge in [-0.2, -0.15) is 0 Å². The van der Waals surface area contributed by atoms with Crippen LogP contribution in [-0.2, 0) is 33.7 Å². The van der Waals surface area contributed by atoms with E-state index < -0.39 is 48.2 Å². The van der Waals surface area contributed by atoms with Crippen LogP contribution in [0.15, 0.2) is 140 Å². The fourth-order valence-electron chi connectivity index (χ4n) is 7.29. The van der Waals surface area contributed by atoms with E-state index in [4.69, 9.17) is 14.2 Å². The van der Waals surface area contributed by atoms with Gasteiger partial charge in [-0.1, -0.05) is 140 Å². The van der Waals surface area contributed by atoms with Crippen molar-refractivity contribution < 1.29 is 38.8 Å². The Kier molecular flexibility index (Phi) is 14.4. The van der Waals surface area contributed by atoms with E-state index in [-0.39, 0.29) is 45.1 Å². The zero-order valence-corrected chi connectivity index (χ0v) is 33.7. The maximum absolute atomic E-state index is 14.3. The van der Waals surface area contributed by atoms with Gasteiger partial charge in [0.15, 0.2) is 0 Å². The van der Waals surface area contributed by atoms with Crippen molar-refractivity contribution >= 4 is 18.3 Å². The predicted molar refractivity (Wildman–Crippen MR) is 226 cm³/mol. The molecule has 6 rings (SSSR count). The number of hydrogen-bond donors (Lipinski definition) is 4. The molecular weight excluding hydrogens is 747 g/mol. The standard InChI is InChI=1S/C48H53N3O8/c1-48(2,3)59-46(55)50-42(28-34-19-9-5-10-20-34)44(53)30-51(47(56)58-32-40-38-25-15-13-23-36(38)37-24-14-16-26-39(37)40)29-43(52)41(27-33-17-7-4-8-18-33)49-45(54)57-31-35-21-11-6-12-22-35/h4-26,40-44,52-53H,27-32H2,1-3H3,(H,49,54)(H,50,55)/t41-,42-,43+,44+/m0/s1. The SMILES string of the molecule is CC(C)(C)OC(=O)N[C@@H](Cc1ccccc1)[C@H](O)CN(C[C@@H](O)[C@H](Cc1ccccc1)NC(=O)OCc1ccccc1)C(=O)OCC1c2ccccc2-c2ccccc21. The second kappa shape index (κ2) is 20.0. The van der Waals surface area contributed by atoms with E-state index in [0.717, 1.165) is 38.9 Å². The number of benzene rings is 5. The molecule has 0 unspecified atom stereocenters. The van der Waals surface area contributed by atoms with Gasteiger partial charge < -0.3 is 40.0 Å². The van der Waals surface area contributed by atoms with Gasteiger partial charge in [-0.05, 0) is 72.6 Å². The third-order valence-electron chi connectivity index (χ3n) is 10.2. The van der Waals surface area contributed by atoms with Gasteiger partial charge in [0.05, 0.1) is 37.4 Å². The number of alkyl carbamates (subject to hydrolysis) is 2. The second-order valence-corrected chi connectivity index (χ2v) is 15.8. The smallest absolute Gasteiger partial charge is 0.409 e. The van der Waals surface area contributed by atoms with Gasteiger partial charge in [-0.3, -0.25) is 0 Å². The summed E-state index contributed by atoms with van der Waals surface area (Å²) in [6, 6.07) is 42.1. The number of rotatable bonds is 16. The summed E-state index contributed by atoms with van der Waals surface area (Å²) in [7, 11) is 0. The first kappa shape index (κ1) is 42.4. The van der Waals surface area contributed by atoms with Crippen LogP contribution in [0, 0.1) is 0 Å². The molecule has 0 radical (unpaired) electrons. The average Bonchev–Trinajstić information content (AvgIpc) is 3.55. The molecule has 1 aliphatic rings. The van der Waals surface area contributed by atoms with Gasteiger partial charge in [0, 0.05) is 5.92 Å². The number of nitrogens with one attached hydrogen (secondary N) is 2. The Bertz CT molecular complexity index is 2080. The second-order valence-electron chi connectivity index (χ2n) is 15.8. The number of hydrogen-bond acceptors (Lipinski definition) is 8. The Morgan fingerprint density at radius 3 is 1.49 bits per heavy atom. The summed E-state index contributed by atoms with van der Waals surface area (Å²) in [6.07, 6.45) is -4.53. The van der Waals surface area contributed by atoms with Crippen LogP contribution in [0.2, 0.25) is 0 Å². The first-order chi connectivity index (χ1) is 28.4. The number of ether oxygens (including phenoxy) is 3. The Morgan fingerprint density at radius 1 is 0.593 bits per heavy atom. The van der Waals surface area contributed by atoms with Crippen LogP contribution in [-0.4, -0.2) is 83.0 Å². The number of aliphatic hydroxyl groups excluding tert-OH is 2. The molecule has 11 nitrogen and oxygen atoms in total. The highest BCUT2D eigenvalue weighted by molar-refractivity contribution is 5.79. The van der Waals surface area contributed by atoms with E-state index in [1.165, 1.54) is 4.90 Å². The lowest BCUT2D eigenvalue weighted by atomic mass is 9.98. The monoisotopic (exact) mass is 799 g/mol. The molecule has 0 saturated carbocycles. The Balaban J connectivity index is 1.25. The highest BCUT2D eigenvalue weighted by Crippen LogP contribution is 2.44. The molecule has 308 valence electrons. The minimum absolute atomic E-state index is 0.00331. The number of carbonyl (C=O) groups excluding carboxylic acids is 3. The minimum atomic E-state index is -1.35. The van der Waals surface area contributed by atoms with Crippen LogP contribution >= 0.6 is 0 Å². The summed E-state index contributed by atoms with van der Waals surface area (Å²) in [5, 5.41) is 29.4. The van der Waals surface area contributed by atoms with Crippen molar-refractivity contribution in [1.29, 1.82) is 0 Å². The number of amides is 3. The van der Waals surface area contributed by atoms with Gasteiger partial charge in [-0.25, -0.2) is 14.4 Å². The molecule has 0 heterocycles. The van der Waals surface area contributed by atoms with E-state index in [9.17, 15) is 24.6 Å². The number of aliphatic hydroxyl groups is 2. The number of fused-ring (bicyclic) bond motifs is 3. The van der Waals surface area contributed by atoms with Crippen molar-refractivity contribution in [2.45, 2.75) is 76.0 Å². The van der Waals surface area contributed by atoms with E-state index in [1.54, 1.807) is 20.8 Å². The molecule has 11 heteroatoms. The molecule has 4 atom stereocenters. The number of nitrogens with zero attached hydrogens (tertiary/aromatic N) is 1. The highest BCUT2D eigenvalue weighted by atomic mass is 16.6. The molecule has 59 heavy (non-hydrogen) atoms. The maximum atomic E-state index is 14.3. The summed E-state index contributed by atoms with van der Waals surface area (Å²) < 4.78 is 17.1. The fraction of sp³-hybridized carbons (Fsp3) is 0.312. The zero-order valence-electron chi connectivity index (χ0n) is 33.7. The molecule has 0 saturated heterocycles. The molecule has 0 spiro atoms. The first-order valence-corrected chi connectivity index (χ1v) is 19.9. The van der Waals surface area contributed by atoms with E-state index in [2.05, 4.69) is 10.6 Å². The third-order valence-corrected chi connectivity index (χ3v) is 10.2. The van der Waals surface area contributed by atoms with Gasteiger partial charge >= 0.3 is 18.3 Å². The molecule has 1 aliphatic carbocycles. The summed E-state index contributed by atoms with van der Waals surface area (Å²) in [4.78, 5) is 41.8. The van der Waals surface area contributed by atoms with Crippen LogP contribution in [0.5, 0.6) is 0 Å². The first-order valence-electron chi connectivity index (χ1n) is 19.9. The number of carbonyl (C=O) groups is 3. The molecule has 5 aromatic rings. The lowest BCUT2D eigenvalue weighted by molar-refractivity contribution is 0.0203. The quantitative estimate of drug-likeness (QED) is 0.0746. The highest BCUT2D eigenvalue weighted by Gasteiger charge is 2.34. The maximum Gasteiger partial charge on any atom is 0.409 e. The molecule has 0 fully saturated rings. The summed E-state index contributed by atoms with van der Waals surface area (Å²) in [5.41, 5.74) is 5.85. The van der Waals surface area contributed by atoms with Gasteiger partial charge in [0.25, 0.3) is 0 Å². The van der Waals surface area contributed by atoms with Crippen LogP contribution in [0.25, 0.3) is 11.1 Å². The van der Waals surface area contributed by atoms with Crippen LogP contribution < -0.4 is 10.6 Å². The summed E-state index contributed by atoms with van der Waals surface area (Å²) in [5.74, 6) is -0.241. The van der Waals surface area contributed by atoms with Crippen molar-refractivity contribution in [2.75, 3.05) is 19.7 Å². The van der Waals surface area contributed by atoms with Crippen molar-refractivity contribution in [3.63, 3.8) is 0 Å². The van der Waals surface area contributed by atoms with Gasteiger partial charge in [0.1, 0.15) is 18.8 Å². The topological polar surface area (TPSA) is 147 Å². The average molecular weight is 800 g/mol. The Labute approximate surface area is 345 Å². The lowest BCUT2D eigenvalue weighted by Crippen LogP contribution is -2.55. The van der Waals surface area contributed by atoms with E-state index >= 15 is 0 Å². The predicted octanol–water partition coefficient (Wildman–Crippen LogP) is 7.63. The van der Waals surface area contributed by atoms with Crippen molar-refractivity contribution in [3.8, 4) is 11.1 Å². The normalized spacial score (nSPS) is 14.1. The van der Waals surface area contributed by atoms with Crippen molar-refractivity contribution in [1.82, 2.24) is 15.5 Å².